The van der Waals surface area contributed by atoms with Crippen molar-refractivity contribution in [2.24, 2.45) is 11.8 Å². The Hall–Kier alpha value is -3.06. The van der Waals surface area contributed by atoms with Crippen LogP contribution in [0, 0.1) is 11.8 Å². The summed E-state index contributed by atoms with van der Waals surface area (Å²) in [6, 6.07) is 7.27. The van der Waals surface area contributed by atoms with Gasteiger partial charge in [0.25, 0.3) is 0 Å². The van der Waals surface area contributed by atoms with Gasteiger partial charge in [-0.2, -0.15) is 0 Å². The number of esters is 1. The van der Waals surface area contributed by atoms with Gasteiger partial charge >= 0.3 is 5.97 Å². The van der Waals surface area contributed by atoms with E-state index in [1.54, 1.807) is 15.9 Å². The number of hydrogen-bond acceptors (Lipinski definition) is 8. The van der Waals surface area contributed by atoms with Crippen molar-refractivity contribution in [1.82, 2.24) is 15.1 Å². The Labute approximate surface area is 284 Å². The molecule has 0 aliphatic carbocycles. The maximum absolute atomic E-state index is 14.7. The number of rotatable bonds is 10. The van der Waals surface area contributed by atoms with E-state index < -0.39 is 47.7 Å². The highest BCUT2D eigenvalue weighted by molar-refractivity contribution is 9.11. The van der Waals surface area contributed by atoms with Crippen LogP contribution in [0.5, 0.6) is 0 Å². The molecule has 11 nitrogen and oxygen atoms in total. The van der Waals surface area contributed by atoms with Crippen LogP contribution in [0.2, 0.25) is 0 Å². The number of cyclic esters (lactones) is 1. The first kappa shape index (κ1) is 35.3. The molecule has 2 saturated heterocycles. The van der Waals surface area contributed by atoms with Crippen LogP contribution in [0.4, 0.5) is 0 Å². The molecule has 5 rings (SSSR count). The van der Waals surface area contributed by atoms with Gasteiger partial charge in [0.05, 0.1) is 18.6 Å². The van der Waals surface area contributed by atoms with Gasteiger partial charge in [0.1, 0.15) is 29.8 Å². The van der Waals surface area contributed by atoms with Crippen LogP contribution in [-0.4, -0.2) is 102 Å². The van der Waals surface area contributed by atoms with Crippen LogP contribution in [-0.2, 0) is 33.4 Å². The molecule has 256 valence electrons. The minimum atomic E-state index is -1.38. The lowest BCUT2D eigenvalue weighted by Crippen LogP contribution is -2.57. The number of nitrogens with zero attached hydrogens (tertiary/aromatic N) is 2. The van der Waals surface area contributed by atoms with Crippen molar-refractivity contribution in [2.45, 2.75) is 88.3 Å². The standard InChI is InChI=1S/C35H46BrN3O8/c1-4-13-22(2)38-17-10-6-9-16-26(41)37-25(21-45-3)29(23-14-7-5-8-15-23)46-34(44)27-28-32(42)39(18-11-12-19-40)31(33(38)43)35(28)20-24(36)30(27)47-35/h5-8,10,14-15,20,22,25,27-31,40H,4,9,11-13,16-19,21H2,1-3H3,(H,37,41)/b10-6-/t22?,25-,27+,28-,29-,30+,31+,35-/m0/s1. The van der Waals surface area contributed by atoms with Crippen molar-refractivity contribution in [2.75, 3.05) is 33.4 Å². The fourth-order valence-electron chi connectivity index (χ4n) is 7.53. The average molecular weight is 717 g/mol. The third kappa shape index (κ3) is 6.93. The Kier molecular flexibility index (Phi) is 11.6. The lowest BCUT2D eigenvalue weighted by molar-refractivity contribution is -0.162. The Bertz CT molecular complexity index is 1370. The number of aliphatic hydroxyl groups excluding tert-OH is 1. The van der Waals surface area contributed by atoms with E-state index in [9.17, 15) is 24.3 Å². The highest BCUT2D eigenvalue weighted by Crippen LogP contribution is 2.59. The van der Waals surface area contributed by atoms with Crippen molar-refractivity contribution in [3.8, 4) is 0 Å². The number of amides is 3. The summed E-state index contributed by atoms with van der Waals surface area (Å²) in [7, 11) is 1.52. The number of hydrogen-bond donors (Lipinski definition) is 2. The van der Waals surface area contributed by atoms with Crippen LogP contribution in [0.1, 0.15) is 64.0 Å². The predicted molar refractivity (Wildman–Crippen MR) is 177 cm³/mol. The number of ether oxygens (including phenoxy) is 3. The fraction of sp³-hybridized carbons (Fsp3) is 0.600. The molecule has 2 fully saturated rings. The molecule has 4 aliphatic rings. The van der Waals surface area contributed by atoms with Crippen LogP contribution in [0.3, 0.4) is 0 Å². The smallest absolute Gasteiger partial charge is 0.313 e. The van der Waals surface area contributed by atoms with Crippen molar-refractivity contribution < 1.29 is 38.5 Å². The van der Waals surface area contributed by atoms with E-state index in [0.29, 0.717) is 35.9 Å². The summed E-state index contributed by atoms with van der Waals surface area (Å²) in [5.41, 5.74) is -0.725. The summed E-state index contributed by atoms with van der Waals surface area (Å²) < 4.78 is 19.0. The monoisotopic (exact) mass is 715 g/mol. The molecule has 0 saturated carbocycles. The van der Waals surface area contributed by atoms with E-state index in [0.717, 1.165) is 12.8 Å². The van der Waals surface area contributed by atoms with Crippen LogP contribution < -0.4 is 5.32 Å². The molecule has 0 aromatic heterocycles. The van der Waals surface area contributed by atoms with Gasteiger partial charge in [-0.15, -0.1) is 0 Å². The molecule has 1 aromatic carbocycles. The van der Waals surface area contributed by atoms with Crippen molar-refractivity contribution in [3.05, 3.63) is 58.6 Å². The molecule has 1 spiro atoms. The summed E-state index contributed by atoms with van der Waals surface area (Å²) >= 11 is 3.61. The number of unbranched alkanes of at least 4 members (excludes halogenated alkanes) is 1. The maximum Gasteiger partial charge on any atom is 0.313 e. The fourth-order valence-corrected chi connectivity index (χ4v) is 8.27. The normalized spacial score (nSPS) is 32.6. The van der Waals surface area contributed by atoms with E-state index in [1.165, 1.54) is 7.11 Å². The molecule has 1 aromatic rings. The summed E-state index contributed by atoms with van der Waals surface area (Å²) in [6.45, 7) is 4.61. The third-order valence-electron chi connectivity index (χ3n) is 9.70. The molecular weight excluding hydrogens is 670 g/mol. The maximum atomic E-state index is 14.7. The van der Waals surface area contributed by atoms with E-state index >= 15 is 0 Å². The van der Waals surface area contributed by atoms with Crippen LogP contribution >= 0.6 is 15.9 Å². The van der Waals surface area contributed by atoms with E-state index in [2.05, 4.69) is 28.2 Å². The summed E-state index contributed by atoms with van der Waals surface area (Å²) in [5.74, 6) is -3.53. The van der Waals surface area contributed by atoms with Gasteiger partial charge in [0.15, 0.2) is 0 Å². The number of benzene rings is 1. The Balaban J connectivity index is 1.61. The second kappa shape index (κ2) is 15.4. The molecule has 5 bridgehead atoms. The first-order valence-corrected chi connectivity index (χ1v) is 17.4. The molecule has 4 heterocycles. The Morgan fingerprint density at radius 1 is 1.11 bits per heavy atom. The lowest BCUT2D eigenvalue weighted by Gasteiger charge is -2.38. The molecule has 4 aliphatic heterocycles. The summed E-state index contributed by atoms with van der Waals surface area (Å²) in [6.07, 6.45) is 7.03. The average Bonchev–Trinajstić information content (AvgIpc) is 3.64. The number of likely N-dealkylation sites (tertiary alicyclic amines) is 1. The van der Waals surface area contributed by atoms with E-state index in [-0.39, 0.29) is 49.9 Å². The first-order chi connectivity index (χ1) is 22.7. The van der Waals surface area contributed by atoms with Gasteiger partial charge in [-0.3, -0.25) is 19.2 Å². The van der Waals surface area contributed by atoms with Crippen molar-refractivity contribution >= 4 is 39.6 Å². The van der Waals surface area contributed by atoms with Gasteiger partial charge in [0, 0.05) is 43.8 Å². The van der Waals surface area contributed by atoms with E-state index in [4.69, 9.17) is 14.2 Å². The number of aliphatic hydroxyl groups is 1. The third-order valence-corrected chi connectivity index (χ3v) is 10.4. The quantitative estimate of drug-likeness (QED) is 0.214. The van der Waals surface area contributed by atoms with Gasteiger partial charge in [-0.05, 0) is 44.2 Å². The lowest BCUT2D eigenvalue weighted by atomic mass is 9.74. The largest absolute Gasteiger partial charge is 0.455 e. The van der Waals surface area contributed by atoms with Gasteiger partial charge in [0.2, 0.25) is 17.7 Å². The van der Waals surface area contributed by atoms with Crippen molar-refractivity contribution in [1.29, 1.82) is 0 Å². The number of halogens is 1. The summed E-state index contributed by atoms with van der Waals surface area (Å²) in [4.78, 5) is 60.1. The van der Waals surface area contributed by atoms with Gasteiger partial charge in [-0.25, -0.2) is 0 Å². The first-order valence-electron chi connectivity index (χ1n) is 16.6. The highest BCUT2D eigenvalue weighted by atomic mass is 79.9. The number of nitrogens with one attached hydrogen (secondary N) is 1. The molecule has 47 heavy (non-hydrogen) atoms. The zero-order chi connectivity index (χ0) is 33.7. The zero-order valence-corrected chi connectivity index (χ0v) is 28.9. The molecule has 1 unspecified atom stereocenters. The number of fused-ring (bicyclic) bond motifs is 2. The number of methoxy groups -OCH3 is 1. The van der Waals surface area contributed by atoms with Gasteiger partial charge in [-0.1, -0.05) is 71.8 Å². The highest BCUT2D eigenvalue weighted by Gasteiger charge is 2.75. The molecule has 12 heteroatoms. The number of carbonyl (C=O) groups is 4. The predicted octanol–water partition coefficient (Wildman–Crippen LogP) is 3.42. The van der Waals surface area contributed by atoms with Crippen LogP contribution in [0.15, 0.2) is 53.0 Å². The van der Waals surface area contributed by atoms with E-state index in [1.807, 2.05) is 49.4 Å². The zero-order valence-electron chi connectivity index (χ0n) is 27.3. The number of carbonyl (C=O) groups excluding carboxylic acids is 4. The van der Waals surface area contributed by atoms with Crippen LogP contribution in [0.25, 0.3) is 0 Å². The topological polar surface area (TPSA) is 135 Å². The SMILES string of the molecule is CCCC(C)N1C/C=C\CCC(=O)N[C@@H](COC)[C@H](c2ccccc2)OC(=O)[C@H]2[C@@H]3O[C@@]4(C=C3Br)[C@@H]2C(=O)N(CCCCO)[C@@H]4C1=O. The van der Waals surface area contributed by atoms with Gasteiger partial charge < -0.3 is 34.4 Å². The number of allylic oxidation sites excluding steroid dienone is 1. The molecule has 2 N–H and O–H groups in total. The van der Waals surface area contributed by atoms with Crippen molar-refractivity contribution in [3.63, 3.8) is 0 Å². The minimum Gasteiger partial charge on any atom is -0.455 e. The molecule has 3 amide bonds. The Morgan fingerprint density at radius 2 is 1.87 bits per heavy atom. The molecule has 0 radical (unpaired) electrons. The molecular formula is C35H46BrN3O8. The second-order valence-corrected chi connectivity index (χ2v) is 13.7. The second-order valence-electron chi connectivity index (χ2n) is 12.8. The minimum absolute atomic E-state index is 0.0430. The summed E-state index contributed by atoms with van der Waals surface area (Å²) in [5, 5.41) is 12.5. The molecule has 8 atom stereocenters. The Morgan fingerprint density at radius 3 is 2.57 bits per heavy atom.